The summed E-state index contributed by atoms with van der Waals surface area (Å²) in [4.78, 5) is 2.63. The molecular formula is C15H30N2. The molecule has 100 valence electrons. The maximum Gasteiger partial charge on any atom is 0.00360 e. The van der Waals surface area contributed by atoms with Gasteiger partial charge >= 0.3 is 0 Å². The van der Waals surface area contributed by atoms with Crippen molar-refractivity contribution < 1.29 is 0 Å². The van der Waals surface area contributed by atoms with Crippen LogP contribution in [0.4, 0.5) is 0 Å². The second kappa shape index (κ2) is 6.19. The Labute approximate surface area is 107 Å². The first-order valence-corrected chi connectivity index (χ1v) is 7.63. The Bertz CT molecular complexity index is 211. The zero-order valence-electron chi connectivity index (χ0n) is 11.8. The first kappa shape index (κ1) is 13.4. The molecule has 17 heavy (non-hydrogen) atoms. The van der Waals surface area contributed by atoms with Crippen molar-refractivity contribution in [1.29, 1.82) is 0 Å². The number of nitrogens with zero attached hydrogens (tertiary/aromatic N) is 1. The molecule has 1 heterocycles. The molecule has 0 atom stereocenters. The molecule has 1 N–H and O–H groups in total. The largest absolute Gasteiger partial charge is 0.317 e. The van der Waals surface area contributed by atoms with Crippen LogP contribution in [0.3, 0.4) is 0 Å². The highest BCUT2D eigenvalue weighted by molar-refractivity contribution is 4.87. The molecular weight excluding hydrogens is 208 g/mol. The van der Waals surface area contributed by atoms with Crippen molar-refractivity contribution in [2.24, 2.45) is 11.3 Å². The van der Waals surface area contributed by atoms with Crippen LogP contribution in [0.15, 0.2) is 0 Å². The smallest absolute Gasteiger partial charge is 0.00360 e. The Kier molecular flexibility index (Phi) is 4.87. The standard InChI is InChI=1S/C15H30N2/c1-3-7-15(8-10-16-11-9-15)13-17(2)12-14-5-4-6-14/h14,16H,3-13H2,1-2H3. The highest BCUT2D eigenvalue weighted by Crippen LogP contribution is 2.35. The SMILES string of the molecule is CCCC1(CN(C)CC2CCC2)CCNCC1. The average Bonchev–Trinajstić information content (AvgIpc) is 2.25. The van der Waals surface area contributed by atoms with Crippen LogP contribution < -0.4 is 5.32 Å². The minimum absolute atomic E-state index is 0.624. The monoisotopic (exact) mass is 238 g/mol. The summed E-state index contributed by atoms with van der Waals surface area (Å²) in [6.45, 7) is 7.49. The van der Waals surface area contributed by atoms with Gasteiger partial charge in [-0.15, -0.1) is 0 Å². The van der Waals surface area contributed by atoms with Crippen LogP contribution in [0, 0.1) is 11.3 Å². The van der Waals surface area contributed by atoms with Crippen molar-refractivity contribution in [3.05, 3.63) is 0 Å². The third-order valence-electron chi connectivity index (χ3n) is 4.84. The normalized spacial score (nSPS) is 24.9. The summed E-state index contributed by atoms with van der Waals surface area (Å²) in [7, 11) is 2.35. The molecule has 1 aliphatic carbocycles. The van der Waals surface area contributed by atoms with Crippen molar-refractivity contribution in [2.75, 3.05) is 33.2 Å². The third-order valence-corrected chi connectivity index (χ3v) is 4.84. The second-order valence-corrected chi connectivity index (χ2v) is 6.49. The fourth-order valence-electron chi connectivity index (χ4n) is 3.73. The van der Waals surface area contributed by atoms with Gasteiger partial charge in [0, 0.05) is 13.1 Å². The van der Waals surface area contributed by atoms with Gasteiger partial charge < -0.3 is 10.2 Å². The lowest BCUT2D eigenvalue weighted by Crippen LogP contribution is -2.45. The van der Waals surface area contributed by atoms with Crippen LogP contribution in [0.5, 0.6) is 0 Å². The lowest BCUT2D eigenvalue weighted by molar-refractivity contribution is 0.0949. The Morgan fingerprint density at radius 2 is 1.94 bits per heavy atom. The summed E-state index contributed by atoms with van der Waals surface area (Å²) < 4.78 is 0. The second-order valence-electron chi connectivity index (χ2n) is 6.49. The predicted molar refractivity (Wildman–Crippen MR) is 74.3 cm³/mol. The van der Waals surface area contributed by atoms with Gasteiger partial charge in [-0.05, 0) is 63.6 Å². The molecule has 2 heteroatoms. The minimum Gasteiger partial charge on any atom is -0.317 e. The average molecular weight is 238 g/mol. The van der Waals surface area contributed by atoms with Gasteiger partial charge in [-0.1, -0.05) is 19.8 Å². The van der Waals surface area contributed by atoms with Gasteiger partial charge in [0.1, 0.15) is 0 Å². The third kappa shape index (κ3) is 3.69. The first-order chi connectivity index (χ1) is 8.24. The van der Waals surface area contributed by atoms with Crippen LogP contribution >= 0.6 is 0 Å². The molecule has 1 saturated heterocycles. The first-order valence-electron chi connectivity index (χ1n) is 7.63. The zero-order valence-corrected chi connectivity index (χ0v) is 11.8. The summed E-state index contributed by atoms with van der Waals surface area (Å²) in [6.07, 6.45) is 9.97. The number of hydrogen-bond acceptors (Lipinski definition) is 2. The molecule has 2 rings (SSSR count). The topological polar surface area (TPSA) is 15.3 Å². The van der Waals surface area contributed by atoms with E-state index in [1.54, 1.807) is 0 Å². The highest BCUT2D eigenvalue weighted by Gasteiger charge is 2.32. The maximum absolute atomic E-state index is 3.52. The highest BCUT2D eigenvalue weighted by atomic mass is 15.1. The Morgan fingerprint density at radius 1 is 1.24 bits per heavy atom. The lowest BCUT2D eigenvalue weighted by Gasteiger charge is -2.42. The van der Waals surface area contributed by atoms with E-state index in [9.17, 15) is 0 Å². The van der Waals surface area contributed by atoms with Gasteiger partial charge in [0.05, 0.1) is 0 Å². The van der Waals surface area contributed by atoms with Gasteiger partial charge in [0.2, 0.25) is 0 Å². The Morgan fingerprint density at radius 3 is 2.47 bits per heavy atom. The summed E-state index contributed by atoms with van der Waals surface area (Å²) in [5.74, 6) is 1.01. The number of hydrogen-bond donors (Lipinski definition) is 1. The molecule has 1 aliphatic heterocycles. The summed E-state index contributed by atoms with van der Waals surface area (Å²) in [5.41, 5.74) is 0.624. The van der Waals surface area contributed by atoms with E-state index in [0.29, 0.717) is 5.41 Å². The van der Waals surface area contributed by atoms with E-state index in [2.05, 4.69) is 24.2 Å². The molecule has 0 amide bonds. The van der Waals surface area contributed by atoms with Crippen molar-refractivity contribution in [1.82, 2.24) is 10.2 Å². The van der Waals surface area contributed by atoms with Crippen molar-refractivity contribution in [2.45, 2.75) is 51.9 Å². The lowest BCUT2D eigenvalue weighted by atomic mass is 9.74. The molecule has 1 saturated carbocycles. The molecule has 2 nitrogen and oxygen atoms in total. The van der Waals surface area contributed by atoms with E-state index < -0.39 is 0 Å². The van der Waals surface area contributed by atoms with E-state index in [1.807, 2.05) is 0 Å². The van der Waals surface area contributed by atoms with E-state index >= 15 is 0 Å². The van der Waals surface area contributed by atoms with Gasteiger partial charge in [-0.25, -0.2) is 0 Å². The summed E-state index contributed by atoms with van der Waals surface area (Å²) in [5, 5.41) is 3.52. The number of piperidine rings is 1. The fraction of sp³-hybridized carbons (Fsp3) is 1.00. The van der Waals surface area contributed by atoms with Crippen LogP contribution in [0.2, 0.25) is 0 Å². The van der Waals surface area contributed by atoms with Gasteiger partial charge in [-0.2, -0.15) is 0 Å². The van der Waals surface area contributed by atoms with E-state index in [-0.39, 0.29) is 0 Å². The van der Waals surface area contributed by atoms with Crippen LogP contribution in [-0.4, -0.2) is 38.1 Å². The minimum atomic E-state index is 0.624. The molecule has 2 fully saturated rings. The molecule has 0 bridgehead atoms. The van der Waals surface area contributed by atoms with Gasteiger partial charge in [0.15, 0.2) is 0 Å². The van der Waals surface area contributed by atoms with E-state index in [4.69, 9.17) is 0 Å². The van der Waals surface area contributed by atoms with Crippen LogP contribution in [-0.2, 0) is 0 Å². The zero-order chi connectivity index (χ0) is 12.1. The summed E-state index contributed by atoms with van der Waals surface area (Å²) in [6, 6.07) is 0. The van der Waals surface area contributed by atoms with E-state index in [0.717, 1.165) is 5.92 Å². The maximum atomic E-state index is 3.52. The van der Waals surface area contributed by atoms with Crippen molar-refractivity contribution in [3.8, 4) is 0 Å². The van der Waals surface area contributed by atoms with E-state index in [1.165, 1.54) is 71.1 Å². The summed E-state index contributed by atoms with van der Waals surface area (Å²) >= 11 is 0. The predicted octanol–water partition coefficient (Wildman–Crippen LogP) is 2.89. The molecule has 0 spiro atoms. The van der Waals surface area contributed by atoms with Crippen LogP contribution in [0.1, 0.15) is 51.9 Å². The Hall–Kier alpha value is -0.0800. The van der Waals surface area contributed by atoms with Crippen molar-refractivity contribution in [3.63, 3.8) is 0 Å². The molecule has 0 unspecified atom stereocenters. The molecule has 0 aromatic heterocycles. The van der Waals surface area contributed by atoms with Gasteiger partial charge in [0.25, 0.3) is 0 Å². The molecule has 0 aromatic rings. The molecule has 0 radical (unpaired) electrons. The fourth-order valence-corrected chi connectivity index (χ4v) is 3.73. The number of nitrogens with one attached hydrogen (secondary N) is 1. The number of rotatable bonds is 6. The molecule has 0 aromatic carbocycles. The quantitative estimate of drug-likeness (QED) is 0.765. The molecule has 2 aliphatic rings. The van der Waals surface area contributed by atoms with Crippen LogP contribution in [0.25, 0.3) is 0 Å². The van der Waals surface area contributed by atoms with Crippen molar-refractivity contribution >= 4 is 0 Å². The Balaban J connectivity index is 1.82. The van der Waals surface area contributed by atoms with Gasteiger partial charge in [-0.3, -0.25) is 0 Å².